The number of hydrogen-bond acceptors (Lipinski definition) is 3. The topological polar surface area (TPSA) is 29.3 Å². The molecule has 1 aromatic carbocycles. The summed E-state index contributed by atoms with van der Waals surface area (Å²) in [6.45, 7) is 14.0. The highest BCUT2D eigenvalue weighted by atomic mass is 28.3. The van der Waals surface area contributed by atoms with Gasteiger partial charge in [0.15, 0.2) is 13.6 Å². The lowest BCUT2D eigenvalue weighted by molar-refractivity contribution is 0.582. The Hall–Kier alpha value is -1.55. The smallest absolute Gasteiger partial charge is 0.219 e. The van der Waals surface area contributed by atoms with Gasteiger partial charge in [0.25, 0.3) is 0 Å². The van der Waals surface area contributed by atoms with Gasteiger partial charge in [-0.05, 0) is 28.8 Å². The van der Waals surface area contributed by atoms with E-state index in [1.165, 1.54) is 0 Å². The molecule has 0 bridgehead atoms. The Kier molecular flexibility index (Phi) is 5.35. The molecule has 0 saturated heterocycles. The van der Waals surface area contributed by atoms with E-state index in [0.29, 0.717) is 16.6 Å². The molecule has 0 radical (unpaired) electrons. The van der Waals surface area contributed by atoms with Gasteiger partial charge in [-0.25, -0.2) is 4.98 Å². The maximum absolute atomic E-state index is 6.33. The highest BCUT2D eigenvalue weighted by molar-refractivity contribution is 6.93. The molecular weight excluding hydrogens is 300 g/mol. The third-order valence-corrected chi connectivity index (χ3v) is 11.9. The number of rotatable bonds is 6. The molecule has 1 aromatic heterocycles. The Bertz CT molecular complexity index is 598. The molecule has 3 nitrogen and oxygen atoms in total. The Morgan fingerprint density at radius 1 is 0.913 bits per heavy atom. The molecule has 0 aliphatic heterocycles. The Balaban J connectivity index is 2.43. The molecule has 0 aliphatic rings. The molecule has 1 heterocycles. The molecule has 0 N–H and O–H groups in total. The predicted octanol–water partition coefficient (Wildman–Crippen LogP) is 5.33. The van der Waals surface area contributed by atoms with E-state index in [4.69, 9.17) is 9.40 Å². The van der Waals surface area contributed by atoms with Crippen LogP contribution in [0.1, 0.15) is 41.5 Å². The van der Waals surface area contributed by atoms with Gasteiger partial charge in [-0.3, -0.25) is 0 Å². The highest BCUT2D eigenvalue weighted by Gasteiger charge is 2.49. The van der Waals surface area contributed by atoms with Gasteiger partial charge in [-0.1, -0.05) is 59.7 Å². The molecule has 0 amide bonds. The molecular formula is C19H30N2OSi. The lowest BCUT2D eigenvalue weighted by atomic mass is 10.3. The summed E-state index contributed by atoms with van der Waals surface area (Å²) in [4.78, 5) is 6.82. The summed E-state index contributed by atoms with van der Waals surface area (Å²) in [7, 11) is 0.197. The van der Waals surface area contributed by atoms with Crippen LogP contribution in [0.2, 0.25) is 16.6 Å². The first-order valence-electron chi connectivity index (χ1n) is 8.56. The summed E-state index contributed by atoms with van der Waals surface area (Å²) in [5, 5.41) is 0. The quantitative estimate of drug-likeness (QED) is 0.671. The lowest BCUT2D eigenvalue weighted by Crippen LogP contribution is -2.56. The fourth-order valence-electron chi connectivity index (χ4n) is 4.14. The minimum Gasteiger partial charge on any atom is -0.430 e. The van der Waals surface area contributed by atoms with Crippen LogP contribution in [-0.4, -0.2) is 20.1 Å². The fourth-order valence-corrected chi connectivity index (χ4v) is 10.2. The molecule has 0 atom stereocenters. The Morgan fingerprint density at radius 2 is 1.43 bits per heavy atom. The van der Waals surface area contributed by atoms with Crippen LogP contribution in [0.25, 0.3) is 0 Å². The molecule has 0 fully saturated rings. The average Bonchev–Trinajstić information content (AvgIpc) is 2.96. The largest absolute Gasteiger partial charge is 0.430 e. The third-order valence-electron chi connectivity index (χ3n) is 5.20. The van der Waals surface area contributed by atoms with Gasteiger partial charge in [0, 0.05) is 12.7 Å². The first kappa shape index (κ1) is 17.8. The zero-order valence-electron chi connectivity index (χ0n) is 15.5. The van der Waals surface area contributed by atoms with E-state index in [1.807, 2.05) is 31.4 Å². The van der Waals surface area contributed by atoms with Crippen molar-refractivity contribution in [1.29, 1.82) is 0 Å². The Morgan fingerprint density at radius 3 is 1.91 bits per heavy atom. The van der Waals surface area contributed by atoms with E-state index in [1.54, 1.807) is 0 Å². The van der Waals surface area contributed by atoms with Crippen molar-refractivity contribution in [3.05, 3.63) is 36.5 Å². The number of aromatic nitrogens is 1. The zero-order chi connectivity index (χ0) is 17.2. The first-order valence-corrected chi connectivity index (χ1v) is 10.8. The molecule has 2 rings (SSSR count). The fraction of sp³-hybridized carbons (Fsp3) is 0.526. The second-order valence-electron chi connectivity index (χ2n) is 7.30. The van der Waals surface area contributed by atoms with E-state index in [-0.39, 0.29) is 0 Å². The SMILES string of the molecule is CC(C)[Si](c1ncc(N(C)c2ccccc2)o1)(C(C)C)C(C)C. The van der Waals surface area contributed by atoms with Crippen molar-refractivity contribution in [1.82, 2.24) is 4.98 Å². The van der Waals surface area contributed by atoms with E-state index >= 15 is 0 Å². The maximum Gasteiger partial charge on any atom is 0.219 e. The van der Waals surface area contributed by atoms with Crippen LogP contribution in [0, 0.1) is 0 Å². The molecule has 126 valence electrons. The predicted molar refractivity (Wildman–Crippen MR) is 102 cm³/mol. The first-order chi connectivity index (χ1) is 10.8. The van der Waals surface area contributed by atoms with E-state index < -0.39 is 8.07 Å². The van der Waals surface area contributed by atoms with Crippen molar-refractivity contribution in [2.75, 3.05) is 11.9 Å². The molecule has 23 heavy (non-hydrogen) atoms. The minimum absolute atomic E-state index is 0.594. The monoisotopic (exact) mass is 330 g/mol. The number of benzene rings is 1. The van der Waals surface area contributed by atoms with Crippen LogP contribution < -0.4 is 10.4 Å². The zero-order valence-corrected chi connectivity index (χ0v) is 16.5. The summed E-state index contributed by atoms with van der Waals surface area (Å²) in [5.41, 5.74) is 3.89. The van der Waals surface area contributed by atoms with Gasteiger partial charge in [0.05, 0.1) is 6.20 Å². The highest BCUT2D eigenvalue weighted by Crippen LogP contribution is 2.41. The van der Waals surface area contributed by atoms with Gasteiger partial charge >= 0.3 is 0 Å². The van der Waals surface area contributed by atoms with Crippen LogP contribution >= 0.6 is 0 Å². The standard InChI is InChI=1S/C19H30N2OSi/c1-14(2)23(15(3)4,16(5)6)19-20-13-18(22-19)21(7)17-11-9-8-10-12-17/h8-16H,1-7H3. The Labute approximate surface area is 141 Å². The molecule has 0 unspecified atom stereocenters. The van der Waals surface area contributed by atoms with Crippen LogP contribution in [0.3, 0.4) is 0 Å². The van der Waals surface area contributed by atoms with Crippen LogP contribution in [0.4, 0.5) is 11.6 Å². The van der Waals surface area contributed by atoms with Crippen LogP contribution in [0.5, 0.6) is 0 Å². The van der Waals surface area contributed by atoms with Crippen LogP contribution in [0.15, 0.2) is 40.9 Å². The van der Waals surface area contributed by atoms with Crippen LogP contribution in [-0.2, 0) is 0 Å². The minimum atomic E-state index is -1.83. The number of oxazole rings is 1. The second-order valence-corrected chi connectivity index (χ2v) is 13.1. The summed E-state index contributed by atoms with van der Waals surface area (Å²) in [6.07, 6.45) is 1.89. The normalized spacial score (nSPS) is 12.4. The third kappa shape index (κ3) is 3.09. The van der Waals surface area contributed by atoms with Gasteiger partial charge in [0.2, 0.25) is 5.88 Å². The number of hydrogen-bond donors (Lipinski definition) is 0. The van der Waals surface area contributed by atoms with Crippen molar-refractivity contribution in [2.24, 2.45) is 0 Å². The molecule has 2 aromatic rings. The van der Waals surface area contributed by atoms with Gasteiger partial charge in [-0.15, -0.1) is 0 Å². The maximum atomic E-state index is 6.33. The second kappa shape index (κ2) is 6.91. The van der Waals surface area contributed by atoms with Crippen molar-refractivity contribution >= 4 is 25.2 Å². The van der Waals surface area contributed by atoms with Crippen molar-refractivity contribution in [3.8, 4) is 0 Å². The van der Waals surface area contributed by atoms with E-state index in [9.17, 15) is 0 Å². The van der Waals surface area contributed by atoms with E-state index in [2.05, 4.69) is 58.6 Å². The number of anilines is 2. The van der Waals surface area contributed by atoms with Crippen molar-refractivity contribution < 1.29 is 4.42 Å². The number of para-hydroxylation sites is 1. The van der Waals surface area contributed by atoms with Gasteiger partial charge in [0.1, 0.15) is 0 Å². The summed E-state index contributed by atoms with van der Waals surface area (Å²) >= 11 is 0. The lowest BCUT2D eigenvalue weighted by Gasteiger charge is -2.39. The summed E-state index contributed by atoms with van der Waals surface area (Å²) in [5.74, 6) is 0.824. The average molecular weight is 331 g/mol. The summed E-state index contributed by atoms with van der Waals surface area (Å²) in [6, 6.07) is 10.3. The summed E-state index contributed by atoms with van der Waals surface area (Å²) < 4.78 is 6.33. The van der Waals surface area contributed by atoms with Crippen molar-refractivity contribution in [2.45, 2.75) is 58.2 Å². The number of nitrogens with zero attached hydrogens (tertiary/aromatic N) is 2. The molecule has 0 spiro atoms. The molecule has 4 heteroatoms. The van der Waals surface area contributed by atoms with E-state index in [0.717, 1.165) is 17.1 Å². The van der Waals surface area contributed by atoms with Gasteiger partial charge < -0.3 is 9.32 Å². The van der Waals surface area contributed by atoms with Gasteiger partial charge in [-0.2, -0.15) is 0 Å². The molecule has 0 aliphatic carbocycles. The molecule has 0 saturated carbocycles. The van der Waals surface area contributed by atoms with Crippen molar-refractivity contribution in [3.63, 3.8) is 0 Å².